The van der Waals surface area contributed by atoms with Crippen LogP contribution < -0.4 is 5.32 Å². The van der Waals surface area contributed by atoms with Crippen LogP contribution in [-0.4, -0.2) is 23.6 Å². The van der Waals surface area contributed by atoms with Gasteiger partial charge in [0.25, 0.3) is 0 Å². The largest absolute Gasteiger partial charge is 0.313 e. The highest BCUT2D eigenvalue weighted by Gasteiger charge is 2.17. The first kappa shape index (κ1) is 15.9. The molecule has 1 aromatic rings. The van der Waals surface area contributed by atoms with Crippen LogP contribution in [0.1, 0.15) is 51.0 Å². The lowest BCUT2D eigenvalue weighted by atomic mass is 10.1. The van der Waals surface area contributed by atoms with Gasteiger partial charge in [-0.3, -0.25) is 0 Å². The van der Waals surface area contributed by atoms with E-state index < -0.39 is 0 Å². The molecule has 112 valence electrons. The molecule has 2 rings (SSSR count). The van der Waals surface area contributed by atoms with E-state index in [-0.39, 0.29) is 0 Å². The average molecular weight is 292 g/mol. The van der Waals surface area contributed by atoms with Crippen molar-refractivity contribution in [2.45, 2.75) is 63.2 Å². The predicted octanol–water partition coefficient (Wildman–Crippen LogP) is 4.66. The zero-order chi connectivity index (χ0) is 14.0. The molecule has 0 radical (unpaired) electrons. The summed E-state index contributed by atoms with van der Waals surface area (Å²) in [6.45, 7) is 3.33. The van der Waals surface area contributed by atoms with Crippen LogP contribution in [0.15, 0.2) is 30.3 Å². The molecule has 1 aromatic carbocycles. The number of hydrogen-bond donors (Lipinski definition) is 1. The molecule has 1 saturated carbocycles. The first-order valence-electron chi connectivity index (χ1n) is 8.27. The van der Waals surface area contributed by atoms with Crippen molar-refractivity contribution in [1.82, 2.24) is 5.32 Å². The Balaban J connectivity index is 1.65. The van der Waals surface area contributed by atoms with Crippen LogP contribution in [0.2, 0.25) is 0 Å². The highest BCUT2D eigenvalue weighted by Crippen LogP contribution is 2.30. The van der Waals surface area contributed by atoms with Crippen LogP contribution in [0.5, 0.6) is 0 Å². The minimum Gasteiger partial charge on any atom is -0.313 e. The Bertz CT molecular complexity index is 346. The van der Waals surface area contributed by atoms with Crippen LogP contribution in [0.25, 0.3) is 0 Å². The molecule has 1 fully saturated rings. The van der Waals surface area contributed by atoms with Crippen LogP contribution in [-0.2, 0) is 6.42 Å². The second-order valence-corrected chi connectivity index (χ2v) is 7.21. The van der Waals surface area contributed by atoms with E-state index in [0.29, 0.717) is 6.04 Å². The van der Waals surface area contributed by atoms with E-state index in [0.717, 1.165) is 11.8 Å². The summed E-state index contributed by atoms with van der Waals surface area (Å²) in [5.74, 6) is 1.30. The van der Waals surface area contributed by atoms with Gasteiger partial charge in [0.15, 0.2) is 0 Å². The number of thioether (sulfide) groups is 1. The van der Waals surface area contributed by atoms with E-state index in [1.165, 1.54) is 56.3 Å². The second-order valence-electron chi connectivity index (χ2n) is 5.87. The maximum absolute atomic E-state index is 3.67. The van der Waals surface area contributed by atoms with E-state index in [9.17, 15) is 0 Å². The first-order valence-corrected chi connectivity index (χ1v) is 9.32. The summed E-state index contributed by atoms with van der Waals surface area (Å²) in [6, 6.07) is 11.6. The maximum Gasteiger partial charge on any atom is 0.0158 e. The van der Waals surface area contributed by atoms with Gasteiger partial charge in [-0.25, -0.2) is 0 Å². The van der Waals surface area contributed by atoms with Gasteiger partial charge in [-0.05, 0) is 44.2 Å². The number of benzene rings is 1. The molecular weight excluding hydrogens is 262 g/mol. The second kappa shape index (κ2) is 9.46. The van der Waals surface area contributed by atoms with Crippen LogP contribution in [0.4, 0.5) is 0 Å². The van der Waals surface area contributed by atoms with Gasteiger partial charge >= 0.3 is 0 Å². The number of nitrogens with one attached hydrogen (secondary N) is 1. The van der Waals surface area contributed by atoms with Crippen LogP contribution >= 0.6 is 11.8 Å². The summed E-state index contributed by atoms with van der Waals surface area (Å²) < 4.78 is 0. The number of rotatable bonds is 9. The minimum absolute atomic E-state index is 0.703. The van der Waals surface area contributed by atoms with Gasteiger partial charge in [-0.1, -0.05) is 50.1 Å². The fourth-order valence-corrected chi connectivity index (χ4v) is 4.49. The van der Waals surface area contributed by atoms with E-state index in [4.69, 9.17) is 0 Å². The Morgan fingerprint density at radius 3 is 2.65 bits per heavy atom. The van der Waals surface area contributed by atoms with Crippen molar-refractivity contribution >= 4 is 11.8 Å². The van der Waals surface area contributed by atoms with Gasteiger partial charge in [-0.2, -0.15) is 11.8 Å². The lowest BCUT2D eigenvalue weighted by Crippen LogP contribution is -2.31. The summed E-state index contributed by atoms with van der Waals surface area (Å²) in [5, 5.41) is 4.62. The maximum atomic E-state index is 3.67. The standard InChI is InChI=1S/C18H29NS/c1-2-19-17(15-20-18-13-6-7-14-18)12-8-11-16-9-4-3-5-10-16/h3-5,9-10,17-19H,2,6-8,11-15H2,1H3. The van der Waals surface area contributed by atoms with Gasteiger partial charge in [0.05, 0.1) is 0 Å². The fourth-order valence-electron chi connectivity index (χ4n) is 3.04. The van der Waals surface area contributed by atoms with Crippen molar-refractivity contribution in [3.63, 3.8) is 0 Å². The summed E-state index contributed by atoms with van der Waals surface area (Å²) in [4.78, 5) is 0. The molecule has 0 aliphatic heterocycles. The molecule has 1 aliphatic rings. The van der Waals surface area contributed by atoms with E-state index in [1.54, 1.807) is 0 Å². The summed E-state index contributed by atoms with van der Waals surface area (Å²) in [6.07, 6.45) is 9.64. The van der Waals surface area contributed by atoms with Gasteiger partial charge < -0.3 is 5.32 Å². The normalized spacial score (nSPS) is 17.4. The molecule has 1 N–H and O–H groups in total. The van der Waals surface area contributed by atoms with E-state index in [2.05, 4.69) is 54.3 Å². The Morgan fingerprint density at radius 1 is 1.20 bits per heavy atom. The zero-order valence-electron chi connectivity index (χ0n) is 12.8. The third-order valence-electron chi connectivity index (χ3n) is 4.19. The quantitative estimate of drug-likeness (QED) is 0.710. The Labute approximate surface area is 128 Å². The topological polar surface area (TPSA) is 12.0 Å². The molecule has 1 atom stereocenters. The molecule has 20 heavy (non-hydrogen) atoms. The summed E-state index contributed by atoms with van der Waals surface area (Å²) >= 11 is 2.22. The molecular formula is C18H29NS. The SMILES string of the molecule is CCNC(CCCc1ccccc1)CSC1CCCC1. The smallest absolute Gasteiger partial charge is 0.0158 e. The van der Waals surface area contributed by atoms with E-state index >= 15 is 0 Å². The molecule has 1 unspecified atom stereocenters. The van der Waals surface area contributed by atoms with Crippen molar-refractivity contribution in [2.24, 2.45) is 0 Å². The Morgan fingerprint density at radius 2 is 1.95 bits per heavy atom. The molecule has 0 amide bonds. The van der Waals surface area contributed by atoms with Crippen molar-refractivity contribution in [2.75, 3.05) is 12.3 Å². The highest BCUT2D eigenvalue weighted by atomic mass is 32.2. The molecule has 0 saturated heterocycles. The molecule has 1 aliphatic carbocycles. The van der Waals surface area contributed by atoms with E-state index in [1.807, 2.05) is 0 Å². The fraction of sp³-hybridized carbons (Fsp3) is 0.667. The van der Waals surface area contributed by atoms with Crippen LogP contribution in [0, 0.1) is 0 Å². The van der Waals surface area contributed by atoms with Crippen molar-refractivity contribution in [3.05, 3.63) is 35.9 Å². The molecule has 0 aromatic heterocycles. The lowest BCUT2D eigenvalue weighted by Gasteiger charge is -2.19. The van der Waals surface area contributed by atoms with Gasteiger partial charge in [0.1, 0.15) is 0 Å². The van der Waals surface area contributed by atoms with Gasteiger partial charge in [0.2, 0.25) is 0 Å². The summed E-state index contributed by atoms with van der Waals surface area (Å²) in [7, 11) is 0. The predicted molar refractivity (Wildman–Crippen MR) is 91.6 cm³/mol. The third kappa shape index (κ3) is 5.88. The zero-order valence-corrected chi connectivity index (χ0v) is 13.6. The third-order valence-corrected chi connectivity index (χ3v) is 5.73. The Kier molecular flexibility index (Phi) is 7.53. The highest BCUT2D eigenvalue weighted by molar-refractivity contribution is 7.99. The van der Waals surface area contributed by atoms with Crippen LogP contribution in [0.3, 0.4) is 0 Å². The van der Waals surface area contributed by atoms with Crippen molar-refractivity contribution in [3.8, 4) is 0 Å². The number of aryl methyl sites for hydroxylation is 1. The van der Waals surface area contributed by atoms with Crippen molar-refractivity contribution < 1.29 is 0 Å². The minimum atomic E-state index is 0.703. The molecule has 2 heteroatoms. The molecule has 0 bridgehead atoms. The number of hydrogen-bond acceptors (Lipinski definition) is 2. The molecule has 0 heterocycles. The lowest BCUT2D eigenvalue weighted by molar-refractivity contribution is 0.518. The first-order chi connectivity index (χ1) is 9.88. The molecule has 1 nitrogen and oxygen atoms in total. The monoisotopic (exact) mass is 291 g/mol. The Hall–Kier alpha value is -0.470. The summed E-state index contributed by atoms with van der Waals surface area (Å²) in [5.41, 5.74) is 1.48. The average Bonchev–Trinajstić information content (AvgIpc) is 2.99. The van der Waals surface area contributed by atoms with Crippen molar-refractivity contribution in [1.29, 1.82) is 0 Å². The van der Waals surface area contributed by atoms with Gasteiger partial charge in [-0.15, -0.1) is 0 Å². The molecule has 0 spiro atoms. The van der Waals surface area contributed by atoms with Gasteiger partial charge in [0, 0.05) is 17.0 Å².